The average molecular weight is 294 g/mol. The van der Waals surface area contributed by atoms with E-state index in [1.807, 2.05) is 10.9 Å². The lowest BCUT2D eigenvalue weighted by Gasteiger charge is -2.30. The van der Waals surface area contributed by atoms with E-state index in [9.17, 15) is 9.90 Å². The number of nitrogens with zero attached hydrogens (tertiary/aromatic N) is 2. The monoisotopic (exact) mass is 294 g/mol. The van der Waals surface area contributed by atoms with Gasteiger partial charge in [0.2, 0.25) is 0 Å². The summed E-state index contributed by atoms with van der Waals surface area (Å²) in [4.78, 5) is 12.0. The highest BCUT2D eigenvalue weighted by Crippen LogP contribution is 2.24. The molecular formula is C15H26N4O2. The lowest BCUT2D eigenvalue weighted by Crippen LogP contribution is -2.45. The summed E-state index contributed by atoms with van der Waals surface area (Å²) < 4.78 is 1.82. The van der Waals surface area contributed by atoms with Gasteiger partial charge >= 0.3 is 6.03 Å². The molecule has 0 saturated heterocycles. The molecule has 1 aromatic heterocycles. The summed E-state index contributed by atoms with van der Waals surface area (Å²) in [5.41, 5.74) is -0.109. The quantitative estimate of drug-likeness (QED) is 0.800. The van der Waals surface area contributed by atoms with Crippen LogP contribution in [0.5, 0.6) is 0 Å². The standard InChI is InChI=1S/C15H26N4O2/c1-15(2,3)19-9-8-13(18-19)17-14(21)16-12-7-5-4-6-11(12)10-20/h8-9,11-12,20H,4-7,10H2,1-3H3,(H2,16,17,18,21)/t11-,12+/m0/s1. The predicted molar refractivity (Wildman–Crippen MR) is 82.2 cm³/mol. The number of hydrogen-bond acceptors (Lipinski definition) is 3. The van der Waals surface area contributed by atoms with Gasteiger partial charge in [0.1, 0.15) is 0 Å². The molecule has 0 spiro atoms. The molecule has 3 N–H and O–H groups in total. The lowest BCUT2D eigenvalue weighted by molar-refractivity contribution is 0.156. The number of nitrogens with one attached hydrogen (secondary N) is 2. The zero-order chi connectivity index (χ0) is 15.5. The number of aliphatic hydroxyl groups excluding tert-OH is 1. The summed E-state index contributed by atoms with van der Waals surface area (Å²) in [6.45, 7) is 6.29. The van der Waals surface area contributed by atoms with Crippen LogP contribution in [0.4, 0.5) is 10.6 Å². The zero-order valence-corrected chi connectivity index (χ0v) is 13.1. The van der Waals surface area contributed by atoms with Crippen LogP contribution < -0.4 is 10.6 Å². The van der Waals surface area contributed by atoms with Crippen LogP contribution in [0.2, 0.25) is 0 Å². The number of urea groups is 1. The number of aliphatic hydroxyl groups is 1. The summed E-state index contributed by atoms with van der Waals surface area (Å²) in [6.07, 6.45) is 5.98. The second kappa shape index (κ2) is 6.47. The van der Waals surface area contributed by atoms with Gasteiger partial charge in [-0.3, -0.25) is 10.00 Å². The van der Waals surface area contributed by atoms with Crippen LogP contribution in [0.25, 0.3) is 0 Å². The predicted octanol–water partition coefficient (Wildman–Crippen LogP) is 2.31. The third-order valence-corrected chi connectivity index (χ3v) is 3.98. The Morgan fingerprint density at radius 2 is 2.14 bits per heavy atom. The van der Waals surface area contributed by atoms with Gasteiger partial charge in [0.05, 0.1) is 5.54 Å². The van der Waals surface area contributed by atoms with E-state index in [0.29, 0.717) is 5.82 Å². The molecule has 2 rings (SSSR count). The molecule has 1 heterocycles. The highest BCUT2D eigenvalue weighted by molar-refractivity contribution is 5.88. The van der Waals surface area contributed by atoms with Crippen LogP contribution in [0.3, 0.4) is 0 Å². The fourth-order valence-electron chi connectivity index (χ4n) is 2.70. The number of carbonyl (C=O) groups excluding carboxylic acids is 1. The first-order chi connectivity index (χ1) is 9.90. The van der Waals surface area contributed by atoms with Gasteiger partial charge in [-0.2, -0.15) is 5.10 Å². The van der Waals surface area contributed by atoms with E-state index in [1.54, 1.807) is 6.07 Å². The Morgan fingerprint density at radius 3 is 2.76 bits per heavy atom. The van der Waals surface area contributed by atoms with Gasteiger partial charge in [-0.25, -0.2) is 4.79 Å². The largest absolute Gasteiger partial charge is 0.396 e. The normalized spacial score (nSPS) is 22.9. The van der Waals surface area contributed by atoms with E-state index in [1.165, 1.54) is 0 Å². The van der Waals surface area contributed by atoms with Gasteiger partial charge in [0.15, 0.2) is 5.82 Å². The molecule has 118 valence electrons. The SMILES string of the molecule is CC(C)(C)n1ccc(NC(=O)N[C@@H]2CCCC[C@H]2CO)n1. The van der Waals surface area contributed by atoms with Crippen molar-refractivity contribution < 1.29 is 9.90 Å². The van der Waals surface area contributed by atoms with Gasteiger partial charge in [-0.05, 0) is 33.6 Å². The minimum Gasteiger partial charge on any atom is -0.396 e. The summed E-state index contributed by atoms with van der Waals surface area (Å²) in [6, 6.07) is 1.59. The van der Waals surface area contributed by atoms with Crippen molar-refractivity contribution >= 4 is 11.8 Å². The molecule has 0 unspecified atom stereocenters. The van der Waals surface area contributed by atoms with Crippen LogP contribution in [0.1, 0.15) is 46.5 Å². The molecule has 6 nitrogen and oxygen atoms in total. The fourth-order valence-corrected chi connectivity index (χ4v) is 2.70. The first kappa shape index (κ1) is 15.8. The van der Waals surface area contributed by atoms with Crippen LogP contribution in [0.15, 0.2) is 12.3 Å². The van der Waals surface area contributed by atoms with Crippen molar-refractivity contribution in [2.24, 2.45) is 5.92 Å². The van der Waals surface area contributed by atoms with Crippen LogP contribution in [-0.4, -0.2) is 33.6 Å². The Bertz CT molecular complexity index is 478. The maximum absolute atomic E-state index is 12.0. The summed E-state index contributed by atoms with van der Waals surface area (Å²) >= 11 is 0. The molecule has 21 heavy (non-hydrogen) atoms. The number of carbonyl (C=O) groups is 1. The van der Waals surface area contributed by atoms with Crippen molar-refractivity contribution in [3.05, 3.63) is 12.3 Å². The Kier molecular flexibility index (Phi) is 4.88. The summed E-state index contributed by atoms with van der Waals surface area (Å²) in [5.74, 6) is 0.704. The van der Waals surface area contributed by atoms with Gasteiger partial charge in [0, 0.05) is 30.8 Å². The fraction of sp³-hybridized carbons (Fsp3) is 0.733. The van der Waals surface area contributed by atoms with Crippen molar-refractivity contribution in [2.45, 2.75) is 58.0 Å². The van der Waals surface area contributed by atoms with E-state index < -0.39 is 0 Å². The second-order valence-corrected chi connectivity index (χ2v) is 6.75. The van der Waals surface area contributed by atoms with Gasteiger partial charge < -0.3 is 10.4 Å². The molecular weight excluding hydrogens is 268 g/mol. The molecule has 6 heteroatoms. The van der Waals surface area contributed by atoms with Crippen molar-refractivity contribution in [3.63, 3.8) is 0 Å². The van der Waals surface area contributed by atoms with Crippen molar-refractivity contribution in [1.29, 1.82) is 0 Å². The highest BCUT2D eigenvalue weighted by Gasteiger charge is 2.26. The Hall–Kier alpha value is -1.56. The number of amides is 2. The molecule has 2 amide bonds. The first-order valence-electron chi connectivity index (χ1n) is 7.64. The van der Waals surface area contributed by atoms with Crippen LogP contribution in [0, 0.1) is 5.92 Å². The molecule has 1 aliphatic rings. The van der Waals surface area contributed by atoms with Gasteiger partial charge in [-0.1, -0.05) is 12.8 Å². The van der Waals surface area contributed by atoms with E-state index >= 15 is 0 Å². The van der Waals surface area contributed by atoms with Gasteiger partial charge in [0.25, 0.3) is 0 Å². The second-order valence-electron chi connectivity index (χ2n) is 6.75. The highest BCUT2D eigenvalue weighted by atomic mass is 16.3. The lowest BCUT2D eigenvalue weighted by atomic mass is 9.85. The minimum atomic E-state index is -0.250. The molecule has 1 saturated carbocycles. The van der Waals surface area contributed by atoms with Crippen molar-refractivity contribution in [3.8, 4) is 0 Å². The van der Waals surface area contributed by atoms with E-state index in [2.05, 4.69) is 36.5 Å². The third-order valence-electron chi connectivity index (χ3n) is 3.98. The van der Waals surface area contributed by atoms with Crippen LogP contribution >= 0.6 is 0 Å². The molecule has 1 aromatic rings. The van der Waals surface area contributed by atoms with E-state index in [-0.39, 0.29) is 30.1 Å². The van der Waals surface area contributed by atoms with E-state index in [4.69, 9.17) is 0 Å². The Labute approximate surface area is 125 Å². The topological polar surface area (TPSA) is 79.2 Å². The summed E-state index contributed by atoms with van der Waals surface area (Å²) in [5, 5.41) is 19.4. The summed E-state index contributed by atoms with van der Waals surface area (Å²) in [7, 11) is 0. The van der Waals surface area contributed by atoms with Crippen molar-refractivity contribution in [2.75, 3.05) is 11.9 Å². The molecule has 1 fully saturated rings. The minimum absolute atomic E-state index is 0.0495. The van der Waals surface area contributed by atoms with E-state index in [0.717, 1.165) is 25.7 Å². The Morgan fingerprint density at radius 1 is 1.43 bits per heavy atom. The molecule has 2 atom stereocenters. The van der Waals surface area contributed by atoms with Gasteiger partial charge in [-0.15, -0.1) is 0 Å². The first-order valence-corrected chi connectivity index (χ1v) is 7.64. The maximum atomic E-state index is 12.0. The third kappa shape index (κ3) is 4.20. The average Bonchev–Trinajstić information content (AvgIpc) is 2.87. The zero-order valence-electron chi connectivity index (χ0n) is 13.1. The number of hydrogen-bond donors (Lipinski definition) is 3. The molecule has 0 bridgehead atoms. The maximum Gasteiger partial charge on any atom is 0.320 e. The number of anilines is 1. The Balaban J connectivity index is 1.91. The molecule has 0 radical (unpaired) electrons. The number of aromatic nitrogens is 2. The number of rotatable bonds is 3. The molecule has 0 aliphatic heterocycles. The smallest absolute Gasteiger partial charge is 0.320 e. The van der Waals surface area contributed by atoms with Crippen LogP contribution in [-0.2, 0) is 5.54 Å². The van der Waals surface area contributed by atoms with Crippen molar-refractivity contribution in [1.82, 2.24) is 15.1 Å². The molecule has 0 aromatic carbocycles. The molecule has 1 aliphatic carbocycles.